The van der Waals surface area contributed by atoms with Crippen molar-refractivity contribution >= 4 is 6.08 Å². The van der Waals surface area contributed by atoms with Gasteiger partial charge >= 0.3 is 51.4 Å². The van der Waals surface area contributed by atoms with Crippen LogP contribution in [0.5, 0.6) is 0 Å². The SMILES string of the molecule is C[C-]=Cc1ccccc1.[K+]. The van der Waals surface area contributed by atoms with Crippen LogP contribution in [0.2, 0.25) is 0 Å². The second-order valence-corrected chi connectivity index (χ2v) is 1.84. The van der Waals surface area contributed by atoms with E-state index in [4.69, 9.17) is 0 Å². The fraction of sp³-hybridized carbons (Fsp3) is 0.111. The molecule has 0 radical (unpaired) electrons. The molecule has 0 aliphatic carbocycles. The molecule has 0 saturated carbocycles. The van der Waals surface area contributed by atoms with Gasteiger partial charge in [0.05, 0.1) is 0 Å². The van der Waals surface area contributed by atoms with Crippen LogP contribution in [0.3, 0.4) is 0 Å². The van der Waals surface area contributed by atoms with Crippen molar-refractivity contribution in [1.29, 1.82) is 0 Å². The third-order valence-electron chi connectivity index (χ3n) is 1.11. The van der Waals surface area contributed by atoms with Gasteiger partial charge in [0.25, 0.3) is 0 Å². The Bertz CT molecular complexity index is 189. The maximum Gasteiger partial charge on any atom is 1.00 e. The fourth-order valence-corrected chi connectivity index (χ4v) is 0.716. The van der Waals surface area contributed by atoms with Crippen LogP contribution >= 0.6 is 0 Å². The summed E-state index contributed by atoms with van der Waals surface area (Å²) >= 11 is 0. The van der Waals surface area contributed by atoms with E-state index in [1.54, 1.807) is 0 Å². The second kappa shape index (κ2) is 6.32. The molecule has 0 aromatic heterocycles. The molecule has 46 valence electrons. The fourth-order valence-electron chi connectivity index (χ4n) is 0.716. The normalized spacial score (nSPS) is 9.30. The zero-order valence-electron chi connectivity index (χ0n) is 6.46. The van der Waals surface area contributed by atoms with Gasteiger partial charge in [0, 0.05) is 0 Å². The molecular weight excluding hydrogens is 147 g/mol. The largest absolute Gasteiger partial charge is 1.00 e. The van der Waals surface area contributed by atoms with Gasteiger partial charge in [-0.3, -0.25) is 6.08 Å². The maximum absolute atomic E-state index is 2.96. The van der Waals surface area contributed by atoms with Gasteiger partial charge in [-0.25, -0.2) is 6.08 Å². The minimum absolute atomic E-state index is 0. The topological polar surface area (TPSA) is 0 Å². The Morgan fingerprint density at radius 2 is 1.80 bits per heavy atom. The van der Waals surface area contributed by atoms with Crippen molar-refractivity contribution in [1.82, 2.24) is 0 Å². The van der Waals surface area contributed by atoms with Crippen LogP contribution in [-0.4, -0.2) is 0 Å². The van der Waals surface area contributed by atoms with E-state index < -0.39 is 0 Å². The van der Waals surface area contributed by atoms with Crippen LogP contribution in [0, 0.1) is 6.08 Å². The molecule has 0 spiro atoms. The van der Waals surface area contributed by atoms with E-state index >= 15 is 0 Å². The summed E-state index contributed by atoms with van der Waals surface area (Å²) in [5, 5.41) is 0. The summed E-state index contributed by atoms with van der Waals surface area (Å²) in [6.45, 7) is 1.90. The zero-order chi connectivity index (χ0) is 6.53. The molecule has 0 N–H and O–H groups in total. The molecule has 0 aliphatic heterocycles. The summed E-state index contributed by atoms with van der Waals surface area (Å²) in [6, 6.07) is 10.1. The molecule has 1 aromatic rings. The van der Waals surface area contributed by atoms with Gasteiger partial charge in [-0.15, -0.1) is 19.1 Å². The Kier molecular flexibility index (Phi) is 6.69. The number of hydrogen-bond donors (Lipinski definition) is 0. The summed E-state index contributed by atoms with van der Waals surface area (Å²) in [4.78, 5) is 0. The summed E-state index contributed by atoms with van der Waals surface area (Å²) in [7, 11) is 0. The van der Waals surface area contributed by atoms with Gasteiger partial charge in [0.15, 0.2) is 0 Å². The van der Waals surface area contributed by atoms with Crippen LogP contribution in [0.1, 0.15) is 12.5 Å². The molecule has 0 nitrogen and oxygen atoms in total. The first-order valence-corrected chi connectivity index (χ1v) is 2.99. The predicted molar refractivity (Wildman–Crippen MR) is 39.8 cm³/mol. The van der Waals surface area contributed by atoms with E-state index in [1.807, 2.05) is 31.2 Å². The van der Waals surface area contributed by atoms with Crippen LogP contribution in [-0.2, 0) is 0 Å². The average molecular weight is 156 g/mol. The quantitative estimate of drug-likeness (QED) is 0.381. The van der Waals surface area contributed by atoms with Crippen molar-refractivity contribution in [3.63, 3.8) is 0 Å². The summed E-state index contributed by atoms with van der Waals surface area (Å²) in [5.41, 5.74) is 1.21. The monoisotopic (exact) mass is 156 g/mol. The van der Waals surface area contributed by atoms with E-state index in [2.05, 4.69) is 18.2 Å². The van der Waals surface area contributed by atoms with Gasteiger partial charge < -0.3 is 0 Å². The zero-order valence-corrected chi connectivity index (χ0v) is 9.59. The Morgan fingerprint density at radius 3 is 2.30 bits per heavy atom. The average Bonchev–Trinajstić information content (AvgIpc) is 1.91. The van der Waals surface area contributed by atoms with Gasteiger partial charge in [-0.2, -0.15) is 5.56 Å². The molecule has 0 heterocycles. The molecule has 1 rings (SSSR count). The van der Waals surface area contributed by atoms with Crippen LogP contribution in [0.4, 0.5) is 0 Å². The van der Waals surface area contributed by atoms with Gasteiger partial charge in [-0.1, -0.05) is 18.2 Å². The maximum atomic E-state index is 2.96. The standard InChI is InChI=1S/C9H9.K/c1-2-6-9-7-4-3-5-8-9;/h3-8H,1H3;/q-1;+1. The number of hydrogen-bond acceptors (Lipinski definition) is 0. The smallest absolute Gasteiger partial charge is 0.278 e. The Hall–Kier alpha value is 0.596. The summed E-state index contributed by atoms with van der Waals surface area (Å²) in [5.74, 6) is 0. The van der Waals surface area contributed by atoms with E-state index in [1.165, 1.54) is 5.56 Å². The first-order valence-electron chi connectivity index (χ1n) is 2.99. The molecule has 0 saturated heterocycles. The molecule has 0 aliphatic rings. The van der Waals surface area contributed by atoms with E-state index in [9.17, 15) is 0 Å². The minimum Gasteiger partial charge on any atom is -0.278 e. The van der Waals surface area contributed by atoms with Crippen molar-refractivity contribution < 1.29 is 51.4 Å². The molecule has 0 amide bonds. The van der Waals surface area contributed by atoms with Crippen molar-refractivity contribution in [2.75, 3.05) is 0 Å². The van der Waals surface area contributed by atoms with Crippen molar-refractivity contribution in [3.05, 3.63) is 42.0 Å². The molecular formula is C9H9K. The summed E-state index contributed by atoms with van der Waals surface area (Å²) < 4.78 is 0. The first kappa shape index (κ1) is 10.6. The van der Waals surface area contributed by atoms with E-state index in [0.29, 0.717) is 0 Å². The van der Waals surface area contributed by atoms with Gasteiger partial charge in [0.1, 0.15) is 0 Å². The number of benzene rings is 1. The molecule has 1 heteroatoms. The Labute approximate surface area is 105 Å². The number of allylic oxidation sites excluding steroid dienone is 1. The molecule has 0 fully saturated rings. The molecule has 0 bridgehead atoms. The first-order chi connectivity index (χ1) is 4.43. The summed E-state index contributed by atoms with van der Waals surface area (Å²) in [6.07, 6.45) is 4.92. The number of rotatable bonds is 1. The third kappa shape index (κ3) is 3.69. The van der Waals surface area contributed by atoms with Crippen molar-refractivity contribution in [3.8, 4) is 0 Å². The van der Waals surface area contributed by atoms with E-state index in [-0.39, 0.29) is 51.4 Å². The molecule has 1 aromatic carbocycles. The predicted octanol–water partition coefficient (Wildman–Crippen LogP) is -0.473. The molecule has 10 heavy (non-hydrogen) atoms. The molecule has 0 atom stereocenters. The van der Waals surface area contributed by atoms with Crippen molar-refractivity contribution in [2.45, 2.75) is 6.92 Å². The Balaban J connectivity index is 0.000000810. The van der Waals surface area contributed by atoms with Crippen molar-refractivity contribution in [2.24, 2.45) is 0 Å². The van der Waals surface area contributed by atoms with E-state index in [0.717, 1.165) is 0 Å². The van der Waals surface area contributed by atoms with Crippen LogP contribution in [0.15, 0.2) is 30.3 Å². The minimum atomic E-state index is 0. The molecule has 0 unspecified atom stereocenters. The van der Waals surface area contributed by atoms with Crippen LogP contribution < -0.4 is 51.4 Å². The third-order valence-corrected chi connectivity index (χ3v) is 1.11. The van der Waals surface area contributed by atoms with Gasteiger partial charge in [-0.05, 0) is 0 Å². The Morgan fingerprint density at radius 1 is 1.20 bits per heavy atom. The van der Waals surface area contributed by atoms with Crippen LogP contribution in [0.25, 0.3) is 6.08 Å². The van der Waals surface area contributed by atoms with Gasteiger partial charge in [0.2, 0.25) is 0 Å². The second-order valence-electron chi connectivity index (χ2n) is 1.84.